The summed E-state index contributed by atoms with van der Waals surface area (Å²) in [6.07, 6.45) is 9.64. The maximum atomic E-state index is 14.0. The van der Waals surface area contributed by atoms with Crippen LogP contribution < -0.4 is 4.90 Å². The van der Waals surface area contributed by atoms with E-state index in [9.17, 15) is 14.7 Å². The molecule has 8 heteroatoms. The molecule has 186 valence electrons. The molecule has 0 unspecified atom stereocenters. The van der Waals surface area contributed by atoms with Crippen LogP contribution in [-0.2, 0) is 10.2 Å². The summed E-state index contributed by atoms with van der Waals surface area (Å²) in [4.78, 5) is 34.0. The van der Waals surface area contributed by atoms with Gasteiger partial charge in [0.2, 0.25) is 5.91 Å². The first-order valence-electron chi connectivity index (χ1n) is 12.4. The summed E-state index contributed by atoms with van der Waals surface area (Å²) < 4.78 is 1.11. The summed E-state index contributed by atoms with van der Waals surface area (Å²) in [5.41, 5.74) is 0.464. The third-order valence-electron chi connectivity index (χ3n) is 7.19. The highest BCUT2D eigenvalue weighted by atomic mass is 32.2. The largest absolute Gasteiger partial charge is 0.477 e. The van der Waals surface area contributed by atoms with E-state index in [1.807, 2.05) is 34.3 Å². The van der Waals surface area contributed by atoms with Crippen molar-refractivity contribution >= 4 is 52.0 Å². The normalized spacial score (nSPS) is 25.8. The number of carbonyl (C=O) groups excluding carboxylic acids is 1. The van der Waals surface area contributed by atoms with Gasteiger partial charge in [0.1, 0.15) is 9.22 Å². The average molecular weight is 521 g/mol. The van der Waals surface area contributed by atoms with Crippen LogP contribution in [0.4, 0.5) is 5.69 Å². The van der Waals surface area contributed by atoms with E-state index in [2.05, 4.69) is 32.7 Å². The Balaban J connectivity index is 1.61. The summed E-state index contributed by atoms with van der Waals surface area (Å²) in [6.45, 7) is 8.56. The summed E-state index contributed by atoms with van der Waals surface area (Å²) in [5.74, 6) is -0.125. The molecule has 0 saturated heterocycles. The minimum atomic E-state index is -0.932. The number of rotatable bonds is 6. The van der Waals surface area contributed by atoms with Gasteiger partial charge in [-0.05, 0) is 68.8 Å². The number of aromatic carboxylic acids is 1. The number of amides is 1. The molecule has 2 aliphatic carbocycles. The molecule has 1 N–H and O–H groups in total. The van der Waals surface area contributed by atoms with Gasteiger partial charge in [-0.15, -0.1) is 22.7 Å². The van der Waals surface area contributed by atoms with Crippen LogP contribution in [0.2, 0.25) is 0 Å². The van der Waals surface area contributed by atoms with Crippen molar-refractivity contribution in [2.24, 2.45) is 11.8 Å². The van der Waals surface area contributed by atoms with Crippen LogP contribution in [0.1, 0.15) is 93.6 Å². The predicted molar refractivity (Wildman–Crippen MR) is 143 cm³/mol. The molecule has 2 aromatic rings. The molecule has 0 spiro atoms. The number of nitrogens with zero attached hydrogens (tertiary/aromatic N) is 2. The third kappa shape index (κ3) is 5.88. The van der Waals surface area contributed by atoms with Gasteiger partial charge >= 0.3 is 5.97 Å². The molecular formula is C26H36N2O3S3. The van der Waals surface area contributed by atoms with Crippen LogP contribution in [-0.4, -0.2) is 33.3 Å². The van der Waals surface area contributed by atoms with Crippen molar-refractivity contribution in [3.05, 3.63) is 27.4 Å². The molecule has 5 nitrogen and oxygen atoms in total. The topological polar surface area (TPSA) is 70.5 Å². The van der Waals surface area contributed by atoms with Crippen molar-refractivity contribution in [1.82, 2.24) is 4.98 Å². The summed E-state index contributed by atoms with van der Waals surface area (Å²) in [7, 11) is 0. The Bertz CT molecular complexity index is 980. The summed E-state index contributed by atoms with van der Waals surface area (Å²) >= 11 is 4.85. The molecule has 34 heavy (non-hydrogen) atoms. The smallest absolute Gasteiger partial charge is 0.348 e. The Morgan fingerprint density at radius 2 is 1.76 bits per heavy atom. The number of thioether (sulfide) groups is 1. The van der Waals surface area contributed by atoms with Gasteiger partial charge in [-0.2, -0.15) is 0 Å². The zero-order valence-electron chi connectivity index (χ0n) is 20.6. The third-order valence-corrected chi connectivity index (χ3v) is 11.0. The number of hydrogen-bond acceptors (Lipinski definition) is 6. The second-order valence-electron chi connectivity index (χ2n) is 10.9. The Hall–Kier alpha value is -1.38. The zero-order chi connectivity index (χ0) is 24.5. The van der Waals surface area contributed by atoms with Crippen LogP contribution in [0.25, 0.3) is 0 Å². The molecular weight excluding hydrogens is 484 g/mol. The molecule has 2 saturated carbocycles. The molecule has 0 aromatic carbocycles. The molecule has 2 heterocycles. The lowest BCUT2D eigenvalue weighted by molar-refractivity contribution is -0.124. The standard InChI is InChI=1S/C26H36N2O3S3/c1-16-5-7-17(8-6-16)23(29)28(20-15-21(26(2,3)4)34-22(20)24(30)31)18-9-11-19(12-10-18)33-25-27-13-14-32-25/h13-19H,5-12H2,1-4H3,(H,30,31). The number of thiophene rings is 1. The Labute approximate surface area is 215 Å². The maximum absolute atomic E-state index is 14.0. The average Bonchev–Trinajstić information content (AvgIpc) is 3.46. The Morgan fingerprint density at radius 3 is 2.32 bits per heavy atom. The first-order valence-corrected chi connectivity index (χ1v) is 15.0. The van der Waals surface area contributed by atoms with E-state index in [4.69, 9.17) is 0 Å². The highest BCUT2D eigenvalue weighted by Crippen LogP contribution is 2.43. The lowest BCUT2D eigenvalue weighted by atomic mass is 9.81. The van der Waals surface area contributed by atoms with Crippen LogP contribution in [0.15, 0.2) is 22.0 Å². The van der Waals surface area contributed by atoms with Gasteiger partial charge in [0, 0.05) is 33.7 Å². The summed E-state index contributed by atoms with van der Waals surface area (Å²) in [6, 6.07) is 2.05. The van der Waals surface area contributed by atoms with Crippen molar-refractivity contribution in [2.75, 3.05) is 4.90 Å². The number of carbonyl (C=O) groups is 2. The van der Waals surface area contributed by atoms with E-state index in [1.165, 1.54) is 11.3 Å². The molecule has 0 bridgehead atoms. The summed E-state index contributed by atoms with van der Waals surface area (Å²) in [5, 5.41) is 12.6. The first-order chi connectivity index (χ1) is 16.1. The van der Waals surface area contributed by atoms with Crippen molar-refractivity contribution in [1.29, 1.82) is 0 Å². The van der Waals surface area contributed by atoms with Gasteiger partial charge in [-0.3, -0.25) is 4.79 Å². The Kier molecular flexibility index (Phi) is 8.09. The minimum Gasteiger partial charge on any atom is -0.477 e. The second kappa shape index (κ2) is 10.7. The maximum Gasteiger partial charge on any atom is 0.348 e. The van der Waals surface area contributed by atoms with Crippen LogP contribution in [0, 0.1) is 11.8 Å². The van der Waals surface area contributed by atoms with Gasteiger partial charge in [0.05, 0.1) is 5.69 Å². The van der Waals surface area contributed by atoms with Crippen LogP contribution >= 0.6 is 34.4 Å². The van der Waals surface area contributed by atoms with Gasteiger partial charge < -0.3 is 10.0 Å². The van der Waals surface area contributed by atoms with E-state index in [-0.39, 0.29) is 23.3 Å². The van der Waals surface area contributed by atoms with Crippen molar-refractivity contribution in [2.45, 2.75) is 100 Å². The molecule has 2 aromatic heterocycles. The lowest BCUT2D eigenvalue weighted by Crippen LogP contribution is -2.46. The van der Waals surface area contributed by atoms with Crippen molar-refractivity contribution < 1.29 is 14.7 Å². The molecule has 2 fully saturated rings. The minimum absolute atomic E-state index is 0.00162. The number of carboxylic acids is 1. The van der Waals surface area contributed by atoms with Crippen LogP contribution in [0.3, 0.4) is 0 Å². The number of carboxylic acid groups (broad SMARTS) is 1. The fourth-order valence-electron chi connectivity index (χ4n) is 5.11. The fraction of sp³-hybridized carbons (Fsp3) is 0.654. The first kappa shape index (κ1) is 25.7. The molecule has 0 atom stereocenters. The highest BCUT2D eigenvalue weighted by molar-refractivity contribution is 8.01. The number of aromatic nitrogens is 1. The van der Waals surface area contributed by atoms with E-state index >= 15 is 0 Å². The van der Waals surface area contributed by atoms with Gasteiger partial charge in [0.25, 0.3) is 0 Å². The van der Waals surface area contributed by atoms with Gasteiger partial charge in [-0.25, -0.2) is 9.78 Å². The fourth-order valence-corrected chi connectivity index (χ4v) is 8.23. The van der Waals surface area contributed by atoms with E-state index in [0.717, 1.165) is 60.6 Å². The predicted octanol–water partition coefficient (Wildman–Crippen LogP) is 7.46. The van der Waals surface area contributed by atoms with Crippen molar-refractivity contribution in [3.63, 3.8) is 0 Å². The zero-order valence-corrected chi connectivity index (χ0v) is 23.0. The van der Waals surface area contributed by atoms with E-state index in [1.54, 1.807) is 11.3 Å². The molecule has 2 aliphatic rings. The lowest BCUT2D eigenvalue weighted by Gasteiger charge is -2.39. The number of anilines is 1. The van der Waals surface area contributed by atoms with Gasteiger partial charge in [0.15, 0.2) is 0 Å². The molecule has 0 radical (unpaired) electrons. The highest BCUT2D eigenvalue weighted by Gasteiger charge is 2.38. The molecule has 0 aliphatic heterocycles. The number of thiazole rings is 1. The van der Waals surface area contributed by atoms with Gasteiger partial charge in [-0.1, -0.05) is 39.5 Å². The monoisotopic (exact) mass is 520 g/mol. The molecule has 4 rings (SSSR count). The SMILES string of the molecule is CC1CCC(C(=O)N(c2cc(C(C)(C)C)sc2C(=O)O)C2CCC(Sc3nccs3)CC2)CC1. The van der Waals surface area contributed by atoms with E-state index < -0.39 is 5.97 Å². The van der Waals surface area contributed by atoms with E-state index in [0.29, 0.717) is 21.7 Å². The van der Waals surface area contributed by atoms with Crippen LogP contribution in [0.5, 0.6) is 0 Å². The Morgan fingerprint density at radius 1 is 1.09 bits per heavy atom. The quantitative estimate of drug-likeness (QED) is 0.428. The second-order valence-corrected chi connectivity index (χ2v) is 14.4. The number of hydrogen-bond donors (Lipinski definition) is 1. The molecule has 1 amide bonds. The van der Waals surface area contributed by atoms with Crippen molar-refractivity contribution in [3.8, 4) is 0 Å².